The third kappa shape index (κ3) is 2.60. The molecule has 0 bridgehead atoms. The van der Waals surface area contributed by atoms with Crippen LogP contribution in [0.2, 0.25) is 0 Å². The van der Waals surface area contributed by atoms with Crippen molar-refractivity contribution in [1.82, 2.24) is 5.32 Å². The molecule has 2 rings (SSSR count). The van der Waals surface area contributed by atoms with E-state index in [4.69, 9.17) is 10.2 Å². The highest BCUT2D eigenvalue weighted by atomic mass is 16.4. The van der Waals surface area contributed by atoms with Crippen molar-refractivity contribution in [2.75, 3.05) is 6.61 Å². The molecule has 0 saturated heterocycles. The molecule has 17 heavy (non-hydrogen) atoms. The van der Waals surface area contributed by atoms with E-state index in [-0.39, 0.29) is 12.5 Å². The van der Waals surface area contributed by atoms with E-state index >= 15 is 0 Å². The maximum atomic E-state index is 12.0. The summed E-state index contributed by atoms with van der Waals surface area (Å²) in [6, 6.07) is 0. The van der Waals surface area contributed by atoms with Gasteiger partial charge in [0.05, 0.1) is 24.0 Å². The fourth-order valence-electron chi connectivity index (χ4n) is 2.57. The second-order valence-electron chi connectivity index (χ2n) is 5.26. The Morgan fingerprint density at radius 1 is 1.18 bits per heavy atom. The van der Waals surface area contributed by atoms with Crippen LogP contribution in [0.3, 0.4) is 0 Å². The molecule has 0 spiro atoms. The minimum absolute atomic E-state index is 0.0524. The van der Waals surface area contributed by atoms with Crippen molar-refractivity contribution < 1.29 is 19.8 Å². The summed E-state index contributed by atoms with van der Waals surface area (Å²) in [5.41, 5.74) is -0.447. The summed E-state index contributed by atoms with van der Waals surface area (Å²) < 4.78 is 0. The summed E-state index contributed by atoms with van der Waals surface area (Å²) in [6.07, 6.45) is 4.60. The number of aliphatic hydroxyl groups is 1. The van der Waals surface area contributed by atoms with Gasteiger partial charge in [-0.1, -0.05) is 12.8 Å². The lowest BCUT2D eigenvalue weighted by molar-refractivity contribution is -0.149. The van der Waals surface area contributed by atoms with Crippen LogP contribution in [-0.2, 0) is 9.59 Å². The summed E-state index contributed by atoms with van der Waals surface area (Å²) in [5, 5.41) is 21.1. The Labute approximate surface area is 100 Å². The molecule has 2 aliphatic carbocycles. The quantitative estimate of drug-likeness (QED) is 0.669. The van der Waals surface area contributed by atoms with Crippen molar-refractivity contribution in [2.45, 2.75) is 44.1 Å². The normalized spacial score (nSPS) is 30.6. The molecule has 2 unspecified atom stereocenters. The Hall–Kier alpha value is -1.10. The predicted molar refractivity (Wildman–Crippen MR) is 60.3 cm³/mol. The number of hydrogen-bond donors (Lipinski definition) is 3. The number of carboxylic acid groups (broad SMARTS) is 1. The second kappa shape index (κ2) is 4.64. The van der Waals surface area contributed by atoms with Gasteiger partial charge in [0.15, 0.2) is 0 Å². The van der Waals surface area contributed by atoms with Gasteiger partial charge >= 0.3 is 5.97 Å². The van der Waals surface area contributed by atoms with Gasteiger partial charge < -0.3 is 15.5 Å². The van der Waals surface area contributed by atoms with Crippen LogP contribution in [0.15, 0.2) is 0 Å². The Morgan fingerprint density at radius 3 is 2.24 bits per heavy atom. The minimum atomic E-state index is -0.876. The van der Waals surface area contributed by atoms with Crippen LogP contribution in [0.1, 0.15) is 38.5 Å². The molecule has 3 N–H and O–H groups in total. The maximum absolute atomic E-state index is 12.0. The molecule has 0 aromatic heterocycles. The van der Waals surface area contributed by atoms with Crippen molar-refractivity contribution in [1.29, 1.82) is 0 Å². The van der Waals surface area contributed by atoms with E-state index in [2.05, 4.69) is 5.32 Å². The van der Waals surface area contributed by atoms with Crippen molar-refractivity contribution in [3.63, 3.8) is 0 Å². The van der Waals surface area contributed by atoms with Crippen LogP contribution in [0, 0.1) is 11.8 Å². The van der Waals surface area contributed by atoms with Crippen molar-refractivity contribution in [2.24, 2.45) is 11.8 Å². The highest BCUT2D eigenvalue weighted by Crippen LogP contribution is 2.37. The zero-order chi connectivity index (χ0) is 12.5. The Balaban J connectivity index is 1.99. The number of rotatable bonds is 4. The number of carboxylic acids is 1. The molecular weight excluding hydrogens is 222 g/mol. The summed E-state index contributed by atoms with van der Waals surface area (Å²) >= 11 is 0. The van der Waals surface area contributed by atoms with E-state index < -0.39 is 23.3 Å². The molecule has 2 aliphatic rings. The van der Waals surface area contributed by atoms with Crippen LogP contribution < -0.4 is 5.32 Å². The number of aliphatic hydroxyl groups excluding tert-OH is 1. The van der Waals surface area contributed by atoms with Gasteiger partial charge in [-0.2, -0.15) is 0 Å². The van der Waals surface area contributed by atoms with Gasteiger partial charge in [0.25, 0.3) is 0 Å². The smallest absolute Gasteiger partial charge is 0.307 e. The van der Waals surface area contributed by atoms with Gasteiger partial charge in [0.1, 0.15) is 0 Å². The van der Waals surface area contributed by atoms with E-state index in [1.54, 1.807) is 0 Å². The van der Waals surface area contributed by atoms with Crippen LogP contribution in [0.4, 0.5) is 0 Å². The zero-order valence-electron chi connectivity index (χ0n) is 9.82. The number of carbonyl (C=O) groups excluding carboxylic acids is 1. The number of hydrogen-bond acceptors (Lipinski definition) is 3. The monoisotopic (exact) mass is 241 g/mol. The number of amides is 1. The van der Waals surface area contributed by atoms with Gasteiger partial charge in [0, 0.05) is 0 Å². The average molecular weight is 241 g/mol. The molecule has 5 nitrogen and oxygen atoms in total. The molecule has 0 aromatic rings. The molecular formula is C12H19NO4. The minimum Gasteiger partial charge on any atom is -0.481 e. The Morgan fingerprint density at radius 2 is 1.76 bits per heavy atom. The lowest BCUT2D eigenvalue weighted by Crippen LogP contribution is -2.46. The van der Waals surface area contributed by atoms with Crippen molar-refractivity contribution in [3.8, 4) is 0 Å². The van der Waals surface area contributed by atoms with Gasteiger partial charge in [-0.25, -0.2) is 0 Å². The number of carbonyl (C=O) groups is 2. The third-order valence-electron chi connectivity index (χ3n) is 3.96. The highest BCUT2D eigenvalue weighted by Gasteiger charge is 2.46. The molecule has 0 radical (unpaired) electrons. The predicted octanol–water partition coefficient (Wildman–Crippen LogP) is 0.518. The molecule has 0 aliphatic heterocycles. The number of aliphatic carboxylic acids is 1. The largest absolute Gasteiger partial charge is 0.481 e. The molecule has 0 heterocycles. The SMILES string of the molecule is O=C(O)C1CCCCC1C(=O)NC1(CO)CC1. The average Bonchev–Trinajstić information content (AvgIpc) is 3.09. The summed E-state index contributed by atoms with van der Waals surface area (Å²) in [4.78, 5) is 23.1. The summed E-state index contributed by atoms with van der Waals surface area (Å²) in [5.74, 6) is -2.05. The van der Waals surface area contributed by atoms with Gasteiger partial charge in [-0.15, -0.1) is 0 Å². The van der Waals surface area contributed by atoms with E-state index in [0.29, 0.717) is 12.8 Å². The van der Waals surface area contributed by atoms with Crippen LogP contribution >= 0.6 is 0 Å². The second-order valence-corrected chi connectivity index (χ2v) is 5.26. The van der Waals surface area contributed by atoms with Gasteiger partial charge in [-0.3, -0.25) is 9.59 Å². The molecule has 2 atom stereocenters. The highest BCUT2D eigenvalue weighted by molar-refractivity contribution is 5.85. The van der Waals surface area contributed by atoms with Crippen LogP contribution in [-0.4, -0.2) is 34.2 Å². The number of nitrogens with one attached hydrogen (secondary N) is 1. The Kier molecular flexibility index (Phi) is 3.38. The summed E-state index contributed by atoms with van der Waals surface area (Å²) in [7, 11) is 0. The zero-order valence-corrected chi connectivity index (χ0v) is 9.82. The third-order valence-corrected chi connectivity index (χ3v) is 3.96. The van der Waals surface area contributed by atoms with E-state index in [9.17, 15) is 9.59 Å². The lowest BCUT2D eigenvalue weighted by Gasteiger charge is -2.29. The first-order chi connectivity index (χ1) is 8.08. The van der Waals surface area contributed by atoms with Crippen molar-refractivity contribution in [3.05, 3.63) is 0 Å². The van der Waals surface area contributed by atoms with Gasteiger partial charge in [0.2, 0.25) is 5.91 Å². The van der Waals surface area contributed by atoms with E-state index in [0.717, 1.165) is 25.7 Å². The molecule has 2 saturated carbocycles. The topological polar surface area (TPSA) is 86.6 Å². The lowest BCUT2D eigenvalue weighted by atomic mass is 9.78. The maximum Gasteiger partial charge on any atom is 0.307 e. The first kappa shape index (κ1) is 12.4. The van der Waals surface area contributed by atoms with Crippen LogP contribution in [0.5, 0.6) is 0 Å². The molecule has 2 fully saturated rings. The first-order valence-corrected chi connectivity index (χ1v) is 6.24. The van der Waals surface area contributed by atoms with Gasteiger partial charge in [-0.05, 0) is 25.7 Å². The Bertz CT molecular complexity index is 324. The first-order valence-electron chi connectivity index (χ1n) is 6.24. The van der Waals surface area contributed by atoms with Crippen molar-refractivity contribution >= 4 is 11.9 Å². The fourth-order valence-corrected chi connectivity index (χ4v) is 2.57. The standard InChI is InChI=1S/C12H19NO4/c14-7-12(5-6-12)13-10(15)8-3-1-2-4-9(8)11(16)17/h8-9,14H,1-7H2,(H,13,15)(H,16,17). The van der Waals surface area contributed by atoms with E-state index in [1.807, 2.05) is 0 Å². The molecule has 96 valence electrons. The molecule has 5 heteroatoms. The van der Waals surface area contributed by atoms with E-state index in [1.165, 1.54) is 0 Å². The fraction of sp³-hybridized carbons (Fsp3) is 0.833. The molecule has 1 amide bonds. The van der Waals surface area contributed by atoms with Crippen LogP contribution in [0.25, 0.3) is 0 Å². The summed E-state index contributed by atoms with van der Waals surface area (Å²) in [6.45, 7) is -0.0524. The molecule has 0 aromatic carbocycles.